The summed E-state index contributed by atoms with van der Waals surface area (Å²) in [6, 6.07) is 0. The first-order valence-corrected chi connectivity index (χ1v) is 4.99. The SMILES string of the molecule is CCOC(=O)CC(C)(O)S(=O)(=O)O.[Na+]. The molecule has 0 spiro atoms. The van der Waals surface area contributed by atoms with E-state index in [9.17, 15) is 13.2 Å². The Morgan fingerprint density at radius 2 is 1.93 bits per heavy atom. The van der Waals surface area contributed by atoms with Gasteiger partial charge in [-0.1, -0.05) is 0 Å². The summed E-state index contributed by atoms with van der Waals surface area (Å²) in [4.78, 5) is 8.26. The Labute approximate surface area is 105 Å². The van der Waals surface area contributed by atoms with E-state index in [-0.39, 0.29) is 36.2 Å². The Balaban J connectivity index is 0. The molecule has 78 valence electrons. The van der Waals surface area contributed by atoms with Crippen LogP contribution in [0.15, 0.2) is 0 Å². The third-order valence-electron chi connectivity index (χ3n) is 1.33. The summed E-state index contributed by atoms with van der Waals surface area (Å²) in [5.41, 5.74) is 0. The average molecular weight is 235 g/mol. The maximum absolute atomic E-state index is 10.7. The van der Waals surface area contributed by atoms with E-state index in [1.807, 2.05) is 0 Å². The molecule has 0 saturated heterocycles. The van der Waals surface area contributed by atoms with E-state index in [2.05, 4.69) is 4.74 Å². The number of ether oxygens (including phenoxy) is 1. The summed E-state index contributed by atoms with van der Waals surface area (Å²) in [5, 5.41) is 9.11. The van der Waals surface area contributed by atoms with Gasteiger partial charge in [0.05, 0.1) is 13.0 Å². The average Bonchev–Trinajstić information content (AvgIpc) is 1.83. The maximum atomic E-state index is 10.7. The van der Waals surface area contributed by atoms with Gasteiger partial charge >= 0.3 is 35.5 Å². The normalized spacial score (nSPS) is 15.1. The summed E-state index contributed by atoms with van der Waals surface area (Å²) < 4.78 is 33.9. The van der Waals surface area contributed by atoms with E-state index in [0.29, 0.717) is 0 Å². The molecule has 0 bridgehead atoms. The van der Waals surface area contributed by atoms with Crippen LogP contribution in [0.4, 0.5) is 0 Å². The second kappa shape index (κ2) is 6.04. The maximum Gasteiger partial charge on any atom is 1.00 e. The fraction of sp³-hybridized carbons (Fsp3) is 0.833. The fourth-order valence-electron chi connectivity index (χ4n) is 0.571. The van der Waals surface area contributed by atoms with Gasteiger partial charge in [0.25, 0.3) is 10.1 Å². The Bertz CT molecular complexity index is 283. The summed E-state index contributed by atoms with van der Waals surface area (Å²) in [6.45, 7) is 2.44. The Kier molecular flexibility index (Phi) is 7.23. The molecule has 0 radical (unpaired) electrons. The molecule has 0 aromatic carbocycles. The second-order valence-electron chi connectivity index (χ2n) is 2.63. The summed E-state index contributed by atoms with van der Waals surface area (Å²) in [6.07, 6.45) is -0.792. The molecule has 2 N–H and O–H groups in total. The van der Waals surface area contributed by atoms with E-state index >= 15 is 0 Å². The van der Waals surface area contributed by atoms with Crippen LogP contribution in [-0.4, -0.2) is 35.6 Å². The molecule has 0 aromatic rings. The molecule has 0 aliphatic rings. The molecular weight excluding hydrogens is 223 g/mol. The van der Waals surface area contributed by atoms with Gasteiger partial charge in [-0.25, -0.2) is 0 Å². The molecule has 0 aliphatic heterocycles. The summed E-state index contributed by atoms with van der Waals surface area (Å²) in [5.74, 6) is -0.884. The van der Waals surface area contributed by atoms with Gasteiger partial charge < -0.3 is 9.84 Å². The second-order valence-corrected chi connectivity index (χ2v) is 4.46. The van der Waals surface area contributed by atoms with Crippen molar-refractivity contribution in [3.63, 3.8) is 0 Å². The van der Waals surface area contributed by atoms with Crippen molar-refractivity contribution in [1.82, 2.24) is 0 Å². The molecule has 14 heavy (non-hydrogen) atoms. The van der Waals surface area contributed by atoms with Crippen LogP contribution in [0.3, 0.4) is 0 Å². The van der Waals surface area contributed by atoms with Crippen LogP contribution in [0.1, 0.15) is 20.3 Å². The van der Waals surface area contributed by atoms with E-state index in [1.54, 1.807) is 6.92 Å². The molecular formula is C6H12NaO6S+. The van der Waals surface area contributed by atoms with Gasteiger partial charge in [-0.15, -0.1) is 0 Å². The number of hydrogen-bond acceptors (Lipinski definition) is 5. The van der Waals surface area contributed by atoms with E-state index in [0.717, 1.165) is 6.92 Å². The first kappa shape index (κ1) is 16.8. The van der Waals surface area contributed by atoms with Crippen molar-refractivity contribution in [2.24, 2.45) is 0 Å². The molecule has 1 atom stereocenters. The largest absolute Gasteiger partial charge is 1.00 e. The van der Waals surface area contributed by atoms with E-state index in [1.165, 1.54) is 0 Å². The molecule has 0 amide bonds. The number of carbonyl (C=O) groups is 1. The number of carbonyl (C=O) groups excluding carboxylic acids is 1. The van der Waals surface area contributed by atoms with Gasteiger partial charge in [0.15, 0.2) is 4.93 Å². The van der Waals surface area contributed by atoms with Crippen molar-refractivity contribution in [3.8, 4) is 0 Å². The number of esters is 1. The predicted molar refractivity (Wildman–Crippen MR) is 43.4 cm³/mol. The molecule has 0 aromatic heterocycles. The minimum absolute atomic E-state index is 0. The summed E-state index contributed by atoms with van der Waals surface area (Å²) in [7, 11) is -4.66. The van der Waals surface area contributed by atoms with Gasteiger partial charge in [0.1, 0.15) is 0 Å². The van der Waals surface area contributed by atoms with Crippen LogP contribution in [0.25, 0.3) is 0 Å². The smallest absolute Gasteiger partial charge is 0.466 e. The minimum Gasteiger partial charge on any atom is -0.466 e. The van der Waals surface area contributed by atoms with Gasteiger partial charge in [0, 0.05) is 0 Å². The van der Waals surface area contributed by atoms with Crippen molar-refractivity contribution in [2.75, 3.05) is 6.61 Å². The third-order valence-corrected chi connectivity index (χ3v) is 2.59. The Morgan fingerprint density at radius 3 is 2.21 bits per heavy atom. The van der Waals surface area contributed by atoms with Crippen molar-refractivity contribution in [3.05, 3.63) is 0 Å². The van der Waals surface area contributed by atoms with Crippen LogP contribution in [0, 0.1) is 0 Å². The van der Waals surface area contributed by atoms with Gasteiger partial charge in [-0.3, -0.25) is 9.35 Å². The van der Waals surface area contributed by atoms with Crippen molar-refractivity contribution in [1.29, 1.82) is 0 Å². The van der Waals surface area contributed by atoms with Crippen LogP contribution in [0.2, 0.25) is 0 Å². The molecule has 0 fully saturated rings. The minimum atomic E-state index is -4.66. The van der Waals surface area contributed by atoms with Crippen molar-refractivity contribution >= 4 is 16.1 Å². The molecule has 0 rings (SSSR count). The van der Waals surface area contributed by atoms with Crippen LogP contribution in [-0.2, 0) is 19.6 Å². The monoisotopic (exact) mass is 235 g/mol. The van der Waals surface area contributed by atoms with Crippen LogP contribution < -0.4 is 29.6 Å². The van der Waals surface area contributed by atoms with Gasteiger partial charge in [0.2, 0.25) is 0 Å². The molecule has 8 heteroatoms. The number of aliphatic hydroxyl groups is 1. The molecule has 0 heterocycles. The first-order valence-electron chi connectivity index (χ1n) is 3.55. The van der Waals surface area contributed by atoms with Crippen LogP contribution in [0.5, 0.6) is 0 Å². The number of rotatable bonds is 4. The molecule has 0 aliphatic carbocycles. The topological polar surface area (TPSA) is 101 Å². The third kappa shape index (κ3) is 5.28. The first-order chi connectivity index (χ1) is 5.70. The van der Waals surface area contributed by atoms with E-state index in [4.69, 9.17) is 9.66 Å². The summed E-state index contributed by atoms with van der Waals surface area (Å²) >= 11 is 0. The van der Waals surface area contributed by atoms with Crippen LogP contribution >= 0.6 is 0 Å². The van der Waals surface area contributed by atoms with Crippen molar-refractivity contribution in [2.45, 2.75) is 25.2 Å². The van der Waals surface area contributed by atoms with E-state index < -0.39 is 27.4 Å². The number of hydrogen-bond donors (Lipinski definition) is 2. The van der Waals surface area contributed by atoms with Crippen molar-refractivity contribution < 1.29 is 57.2 Å². The molecule has 6 nitrogen and oxygen atoms in total. The predicted octanol–water partition coefficient (Wildman–Crippen LogP) is -3.46. The standard InChI is InChI=1S/C6H12O6S.Na/c1-3-12-5(7)4-6(2,8)13(9,10)11;/h8H,3-4H2,1-2H3,(H,9,10,11);/q;+1. The fourth-order valence-corrected chi connectivity index (χ4v) is 0.871. The molecule has 1 unspecified atom stereocenters. The Hall–Kier alpha value is 0.340. The quantitative estimate of drug-likeness (QED) is 0.298. The van der Waals surface area contributed by atoms with Gasteiger partial charge in [-0.2, -0.15) is 8.42 Å². The van der Waals surface area contributed by atoms with Gasteiger partial charge in [-0.05, 0) is 13.8 Å². The zero-order chi connectivity index (χ0) is 10.7. The molecule has 0 saturated carbocycles. The zero-order valence-corrected chi connectivity index (χ0v) is 11.2. The zero-order valence-electron chi connectivity index (χ0n) is 8.35. The Morgan fingerprint density at radius 1 is 1.50 bits per heavy atom.